The highest BCUT2D eigenvalue weighted by Gasteiger charge is 2.01. The molecule has 3 nitrogen and oxygen atoms in total. The molecule has 0 radical (unpaired) electrons. The second-order valence-electron chi connectivity index (χ2n) is 4.54. The summed E-state index contributed by atoms with van der Waals surface area (Å²) < 4.78 is 17.4. The zero-order valence-electron chi connectivity index (χ0n) is 12.0. The summed E-state index contributed by atoms with van der Waals surface area (Å²) in [7, 11) is 1.89. The standard InChI is InChI=1S/C17H19FN2O/c1-20-15-7-4-13(5-8-15)2-3-14-6-9-16(19)17(12-14)21-11-10-18/h2-9,12,20H,10-11,19H2,1H3. The summed E-state index contributed by atoms with van der Waals surface area (Å²) in [6.07, 6.45) is 3.97. The van der Waals surface area contributed by atoms with Gasteiger partial charge in [-0.3, -0.25) is 0 Å². The summed E-state index contributed by atoms with van der Waals surface area (Å²) in [6, 6.07) is 13.5. The van der Waals surface area contributed by atoms with E-state index in [0.29, 0.717) is 11.4 Å². The minimum absolute atomic E-state index is 0.0167. The van der Waals surface area contributed by atoms with Gasteiger partial charge in [-0.2, -0.15) is 0 Å². The first-order valence-electron chi connectivity index (χ1n) is 6.77. The Morgan fingerprint density at radius 2 is 1.76 bits per heavy atom. The third-order valence-electron chi connectivity index (χ3n) is 3.04. The van der Waals surface area contributed by atoms with Crippen molar-refractivity contribution in [1.82, 2.24) is 0 Å². The Morgan fingerprint density at radius 3 is 2.43 bits per heavy atom. The van der Waals surface area contributed by atoms with Crippen molar-refractivity contribution >= 4 is 23.5 Å². The van der Waals surface area contributed by atoms with Crippen LogP contribution in [0.3, 0.4) is 0 Å². The van der Waals surface area contributed by atoms with Gasteiger partial charge in [0.1, 0.15) is 19.0 Å². The van der Waals surface area contributed by atoms with Gasteiger partial charge in [0.15, 0.2) is 0 Å². The number of alkyl halides is 1. The summed E-state index contributed by atoms with van der Waals surface area (Å²) in [6.45, 7) is -0.514. The van der Waals surface area contributed by atoms with Crippen molar-refractivity contribution in [3.8, 4) is 5.75 Å². The number of rotatable bonds is 6. The van der Waals surface area contributed by atoms with E-state index in [4.69, 9.17) is 10.5 Å². The fourth-order valence-electron chi connectivity index (χ4n) is 1.88. The summed E-state index contributed by atoms with van der Waals surface area (Å²) in [5.41, 5.74) is 9.42. The lowest BCUT2D eigenvalue weighted by Gasteiger charge is -2.07. The van der Waals surface area contributed by atoms with E-state index in [1.807, 2.05) is 55.6 Å². The Kier molecular flexibility index (Phi) is 5.21. The van der Waals surface area contributed by atoms with Crippen LogP contribution in [0.2, 0.25) is 0 Å². The molecule has 0 aliphatic rings. The van der Waals surface area contributed by atoms with Crippen LogP contribution in [-0.2, 0) is 0 Å². The molecule has 0 saturated heterocycles. The van der Waals surface area contributed by atoms with E-state index in [0.717, 1.165) is 16.8 Å². The van der Waals surface area contributed by atoms with E-state index in [-0.39, 0.29) is 6.61 Å². The molecular formula is C17H19FN2O. The van der Waals surface area contributed by atoms with E-state index in [2.05, 4.69) is 5.32 Å². The van der Waals surface area contributed by atoms with Crippen LogP contribution < -0.4 is 15.8 Å². The van der Waals surface area contributed by atoms with Crippen LogP contribution >= 0.6 is 0 Å². The van der Waals surface area contributed by atoms with Crippen LogP contribution in [0.15, 0.2) is 42.5 Å². The summed E-state index contributed by atoms with van der Waals surface area (Å²) in [4.78, 5) is 0. The lowest BCUT2D eigenvalue weighted by atomic mass is 10.1. The van der Waals surface area contributed by atoms with E-state index in [1.165, 1.54) is 0 Å². The van der Waals surface area contributed by atoms with Gasteiger partial charge in [0.05, 0.1) is 5.69 Å². The molecule has 2 rings (SSSR count). The first-order chi connectivity index (χ1) is 10.2. The maximum absolute atomic E-state index is 12.2. The Hall–Kier alpha value is -2.49. The van der Waals surface area contributed by atoms with Gasteiger partial charge in [-0.1, -0.05) is 30.4 Å². The largest absolute Gasteiger partial charge is 0.489 e. The van der Waals surface area contributed by atoms with Crippen LogP contribution in [0.1, 0.15) is 11.1 Å². The third kappa shape index (κ3) is 4.24. The SMILES string of the molecule is CNc1ccc(C=Cc2ccc(N)c(OCCF)c2)cc1. The number of benzene rings is 2. The molecule has 0 aliphatic heterocycles. The van der Waals surface area contributed by atoms with Gasteiger partial charge in [0.25, 0.3) is 0 Å². The van der Waals surface area contributed by atoms with Crippen LogP contribution in [0.4, 0.5) is 15.8 Å². The number of nitrogens with one attached hydrogen (secondary N) is 1. The number of anilines is 2. The van der Waals surface area contributed by atoms with Gasteiger partial charge in [-0.15, -0.1) is 0 Å². The van der Waals surface area contributed by atoms with E-state index in [9.17, 15) is 4.39 Å². The fraction of sp³-hybridized carbons (Fsp3) is 0.176. The fourth-order valence-corrected chi connectivity index (χ4v) is 1.88. The maximum atomic E-state index is 12.2. The Balaban J connectivity index is 2.12. The lowest BCUT2D eigenvalue weighted by molar-refractivity contribution is 0.274. The predicted molar refractivity (Wildman–Crippen MR) is 87.2 cm³/mol. The highest BCUT2D eigenvalue weighted by Crippen LogP contribution is 2.24. The van der Waals surface area contributed by atoms with Crippen LogP contribution in [-0.4, -0.2) is 20.3 Å². The summed E-state index contributed by atoms with van der Waals surface area (Å²) >= 11 is 0. The molecule has 0 atom stereocenters. The van der Waals surface area contributed by atoms with E-state index >= 15 is 0 Å². The molecule has 3 N–H and O–H groups in total. The summed E-state index contributed by atoms with van der Waals surface area (Å²) in [5.74, 6) is 0.514. The van der Waals surface area contributed by atoms with Crippen LogP contribution in [0.25, 0.3) is 12.2 Å². The van der Waals surface area contributed by atoms with Gasteiger partial charge in [-0.05, 0) is 35.4 Å². The van der Waals surface area contributed by atoms with Gasteiger partial charge in [0, 0.05) is 12.7 Å². The third-order valence-corrected chi connectivity index (χ3v) is 3.04. The van der Waals surface area contributed by atoms with Crippen molar-refractivity contribution in [2.24, 2.45) is 0 Å². The van der Waals surface area contributed by atoms with Crippen LogP contribution in [0.5, 0.6) is 5.75 Å². The lowest BCUT2D eigenvalue weighted by Crippen LogP contribution is -2.01. The first kappa shape index (κ1) is 14.9. The molecule has 0 fully saturated rings. The predicted octanol–water partition coefficient (Wildman–Crippen LogP) is 3.83. The molecule has 110 valence electrons. The van der Waals surface area contributed by atoms with Crippen molar-refractivity contribution < 1.29 is 9.13 Å². The quantitative estimate of drug-likeness (QED) is 0.626. The van der Waals surface area contributed by atoms with Crippen molar-refractivity contribution in [3.63, 3.8) is 0 Å². The minimum Gasteiger partial charge on any atom is -0.489 e. The highest BCUT2D eigenvalue weighted by molar-refractivity contribution is 5.72. The average molecular weight is 286 g/mol. The molecule has 0 amide bonds. The van der Waals surface area contributed by atoms with Gasteiger partial charge in [-0.25, -0.2) is 4.39 Å². The summed E-state index contributed by atoms with van der Waals surface area (Å²) in [5, 5.41) is 3.08. The highest BCUT2D eigenvalue weighted by atomic mass is 19.1. The molecule has 2 aromatic carbocycles. The van der Waals surface area contributed by atoms with Crippen molar-refractivity contribution in [3.05, 3.63) is 53.6 Å². The first-order valence-corrected chi connectivity index (χ1v) is 6.77. The minimum atomic E-state index is -0.530. The molecule has 0 heterocycles. The van der Waals surface area contributed by atoms with Crippen LogP contribution in [0, 0.1) is 0 Å². The molecule has 0 spiro atoms. The molecule has 4 heteroatoms. The number of hydrogen-bond donors (Lipinski definition) is 2. The molecular weight excluding hydrogens is 267 g/mol. The molecule has 21 heavy (non-hydrogen) atoms. The monoisotopic (exact) mass is 286 g/mol. The Labute approximate surface area is 124 Å². The molecule has 0 unspecified atom stereocenters. The number of ether oxygens (including phenoxy) is 1. The average Bonchev–Trinajstić information content (AvgIpc) is 2.53. The topological polar surface area (TPSA) is 47.3 Å². The second-order valence-corrected chi connectivity index (χ2v) is 4.54. The van der Waals surface area contributed by atoms with Gasteiger partial charge >= 0.3 is 0 Å². The number of nitrogen functional groups attached to an aromatic ring is 1. The molecule has 0 aliphatic carbocycles. The van der Waals surface area contributed by atoms with Crippen molar-refractivity contribution in [2.75, 3.05) is 31.4 Å². The zero-order valence-corrected chi connectivity index (χ0v) is 12.0. The number of nitrogens with two attached hydrogens (primary N) is 1. The molecule has 0 saturated carbocycles. The van der Waals surface area contributed by atoms with Gasteiger partial charge in [0.2, 0.25) is 0 Å². The zero-order chi connectivity index (χ0) is 15.1. The second kappa shape index (κ2) is 7.33. The number of hydrogen-bond acceptors (Lipinski definition) is 3. The van der Waals surface area contributed by atoms with Gasteiger partial charge < -0.3 is 15.8 Å². The molecule has 0 aromatic heterocycles. The number of halogens is 1. The van der Waals surface area contributed by atoms with Crippen molar-refractivity contribution in [2.45, 2.75) is 0 Å². The van der Waals surface area contributed by atoms with E-state index < -0.39 is 6.67 Å². The van der Waals surface area contributed by atoms with E-state index in [1.54, 1.807) is 6.07 Å². The smallest absolute Gasteiger partial charge is 0.142 e. The Morgan fingerprint density at radius 1 is 1.10 bits per heavy atom. The normalized spacial score (nSPS) is 10.8. The molecule has 0 bridgehead atoms. The van der Waals surface area contributed by atoms with Crippen molar-refractivity contribution in [1.29, 1.82) is 0 Å². The maximum Gasteiger partial charge on any atom is 0.142 e. The Bertz CT molecular complexity index is 609. The molecule has 2 aromatic rings.